The van der Waals surface area contributed by atoms with Gasteiger partial charge in [0, 0.05) is 14.9 Å². The number of allylic oxidation sites excluding steroid dienone is 1. The molecule has 2 aliphatic carbocycles. The van der Waals surface area contributed by atoms with E-state index in [0.29, 0.717) is 16.4 Å². The van der Waals surface area contributed by atoms with Gasteiger partial charge in [-0.3, -0.25) is 14.4 Å². The lowest BCUT2D eigenvalue weighted by molar-refractivity contribution is -0.237. The monoisotopic (exact) mass is 532 g/mol. The van der Waals surface area contributed by atoms with Crippen molar-refractivity contribution >= 4 is 48.6 Å². The van der Waals surface area contributed by atoms with Gasteiger partial charge in [0.05, 0.1) is 26.5 Å². The van der Waals surface area contributed by atoms with Crippen LogP contribution in [0.1, 0.15) is 26.7 Å². The fourth-order valence-electron chi connectivity index (χ4n) is 5.52. The van der Waals surface area contributed by atoms with Crippen molar-refractivity contribution in [3.05, 3.63) is 21.4 Å². The summed E-state index contributed by atoms with van der Waals surface area (Å²) in [4.78, 5) is 38.4. The second-order valence-corrected chi connectivity index (χ2v) is 16.3. The molecule has 6 nitrogen and oxygen atoms in total. The molecule has 2 bridgehead atoms. The fraction of sp³-hybridized carbons (Fsp3) is 0.667. The molecule has 1 saturated heterocycles. The first-order valence-corrected chi connectivity index (χ1v) is 14.5. The molecule has 0 amide bonds. The molecule has 6 atom stereocenters. The van der Waals surface area contributed by atoms with E-state index in [4.69, 9.17) is 9.47 Å². The number of fused-ring (bicyclic) bond motifs is 1. The van der Waals surface area contributed by atoms with Crippen LogP contribution in [0.25, 0.3) is 0 Å². The number of esters is 2. The molecular formula is C21H29IO6Si. The standard InChI is InChI=1S/C21H29IO6Si/c1-19(9-10-29(4,5)6)8-7-13-20(2,18(26)27-3)12-11-14(22)21(13,28-17(12)25)15(19)16(23)24/h9-13,15H,7-8H2,1-6H3,(H,23,24)/b10-9+/t12-,13+,15+,19+,20+,21+/m1/s1. The summed E-state index contributed by atoms with van der Waals surface area (Å²) in [7, 11) is -0.269. The highest BCUT2D eigenvalue weighted by molar-refractivity contribution is 14.1. The Morgan fingerprint density at radius 1 is 1.34 bits per heavy atom. The topological polar surface area (TPSA) is 89.9 Å². The minimum absolute atomic E-state index is 0.448. The van der Waals surface area contributed by atoms with Gasteiger partial charge < -0.3 is 14.6 Å². The molecule has 2 aliphatic heterocycles. The van der Waals surface area contributed by atoms with Gasteiger partial charge in [-0.1, -0.05) is 44.4 Å². The number of carboxylic acid groups (broad SMARTS) is 1. The Bertz CT molecular complexity index is 830. The van der Waals surface area contributed by atoms with Crippen LogP contribution in [0.2, 0.25) is 19.6 Å². The Labute approximate surface area is 186 Å². The van der Waals surface area contributed by atoms with Gasteiger partial charge in [-0.15, -0.1) is 0 Å². The fourth-order valence-corrected chi connectivity index (χ4v) is 7.56. The van der Waals surface area contributed by atoms with E-state index in [9.17, 15) is 19.5 Å². The van der Waals surface area contributed by atoms with Gasteiger partial charge in [0.2, 0.25) is 0 Å². The van der Waals surface area contributed by atoms with Crippen molar-refractivity contribution in [2.24, 2.45) is 28.6 Å². The van der Waals surface area contributed by atoms with Crippen molar-refractivity contribution in [2.75, 3.05) is 7.11 Å². The molecule has 1 N–H and O–H groups in total. The third-order valence-corrected chi connectivity index (χ3v) is 9.36. The third kappa shape index (κ3) is 3.12. The summed E-state index contributed by atoms with van der Waals surface area (Å²) in [5.74, 6) is -4.24. The Balaban J connectivity index is 2.24. The van der Waals surface area contributed by atoms with E-state index in [1.165, 1.54) is 7.11 Å². The number of hydrogen-bond acceptors (Lipinski definition) is 5. The largest absolute Gasteiger partial charge is 0.481 e. The number of rotatable bonds is 4. The minimum atomic E-state index is -1.58. The number of methoxy groups -OCH3 is 1. The highest BCUT2D eigenvalue weighted by Crippen LogP contribution is 2.67. The number of hydrogen-bond donors (Lipinski definition) is 1. The van der Waals surface area contributed by atoms with E-state index in [1.54, 1.807) is 13.0 Å². The Kier molecular flexibility index (Phi) is 5.38. The number of ether oxygens (including phenoxy) is 2. The summed E-state index contributed by atoms with van der Waals surface area (Å²) in [6.45, 7) is 10.2. The number of carboxylic acids is 1. The highest BCUT2D eigenvalue weighted by atomic mass is 127. The molecule has 1 spiro atoms. The highest BCUT2D eigenvalue weighted by Gasteiger charge is 2.75. The molecule has 0 aromatic rings. The number of aliphatic carboxylic acids is 1. The number of carbonyl (C=O) groups excluding carboxylic acids is 2. The molecule has 4 aliphatic rings. The zero-order chi connectivity index (χ0) is 22.0. The molecule has 29 heavy (non-hydrogen) atoms. The van der Waals surface area contributed by atoms with E-state index in [2.05, 4.69) is 47.9 Å². The molecule has 0 unspecified atom stereocenters. The van der Waals surface area contributed by atoms with Crippen LogP contribution in [0.3, 0.4) is 0 Å². The lowest BCUT2D eigenvalue weighted by Gasteiger charge is -2.63. The van der Waals surface area contributed by atoms with Gasteiger partial charge in [0.15, 0.2) is 5.60 Å². The van der Waals surface area contributed by atoms with Crippen molar-refractivity contribution in [3.63, 3.8) is 0 Å². The van der Waals surface area contributed by atoms with Crippen LogP contribution in [0, 0.1) is 28.6 Å². The summed E-state index contributed by atoms with van der Waals surface area (Å²) in [6, 6.07) is 0. The van der Waals surface area contributed by atoms with Gasteiger partial charge in [-0.2, -0.15) is 0 Å². The summed E-state index contributed by atoms with van der Waals surface area (Å²) in [5, 5.41) is 10.4. The van der Waals surface area contributed by atoms with Crippen molar-refractivity contribution in [1.82, 2.24) is 0 Å². The summed E-state index contributed by atoms with van der Waals surface area (Å²) in [5.41, 5.74) is -1.05. The Morgan fingerprint density at radius 2 is 1.97 bits per heavy atom. The molecule has 1 saturated carbocycles. The first kappa shape index (κ1) is 22.5. The van der Waals surface area contributed by atoms with Crippen molar-refractivity contribution in [2.45, 2.75) is 51.9 Å². The second-order valence-electron chi connectivity index (χ2n) is 10.0. The van der Waals surface area contributed by atoms with E-state index in [-0.39, 0.29) is 0 Å². The SMILES string of the molecule is COC(=O)[C@@]1(C)[C@@H]2C=C(I)[C@]3(OC2=O)[C@@H](C(=O)O)[C@](C)(/C=C/[Si](C)(C)C)CC[C@@H]13. The number of carbonyl (C=O) groups is 3. The smallest absolute Gasteiger partial charge is 0.314 e. The van der Waals surface area contributed by atoms with Crippen LogP contribution in [0.15, 0.2) is 21.4 Å². The summed E-state index contributed by atoms with van der Waals surface area (Å²) in [6.07, 6.45) is 4.92. The van der Waals surface area contributed by atoms with Crippen LogP contribution in [0.5, 0.6) is 0 Å². The van der Waals surface area contributed by atoms with Gasteiger partial charge in [-0.25, -0.2) is 0 Å². The molecule has 2 heterocycles. The lowest BCUT2D eigenvalue weighted by Crippen LogP contribution is -2.72. The van der Waals surface area contributed by atoms with Gasteiger partial charge in [0.25, 0.3) is 0 Å². The predicted molar refractivity (Wildman–Crippen MR) is 119 cm³/mol. The summed E-state index contributed by atoms with van der Waals surface area (Å²) < 4.78 is 11.7. The molecule has 4 rings (SSSR count). The molecule has 8 heteroatoms. The van der Waals surface area contributed by atoms with Crippen LogP contribution in [-0.4, -0.2) is 43.8 Å². The van der Waals surface area contributed by atoms with Crippen molar-refractivity contribution in [1.29, 1.82) is 0 Å². The zero-order valence-corrected chi connectivity index (χ0v) is 20.9. The quantitative estimate of drug-likeness (QED) is 0.335. The van der Waals surface area contributed by atoms with Crippen LogP contribution < -0.4 is 0 Å². The summed E-state index contributed by atoms with van der Waals surface area (Å²) >= 11 is 2.10. The van der Waals surface area contributed by atoms with Crippen molar-refractivity contribution < 1.29 is 29.0 Å². The average Bonchev–Trinajstić information content (AvgIpc) is 2.60. The molecular weight excluding hydrogens is 503 g/mol. The van der Waals surface area contributed by atoms with E-state index >= 15 is 0 Å². The maximum absolute atomic E-state index is 12.9. The Morgan fingerprint density at radius 3 is 2.48 bits per heavy atom. The average molecular weight is 532 g/mol. The number of halogens is 1. The first-order valence-electron chi connectivity index (χ1n) is 9.86. The predicted octanol–water partition coefficient (Wildman–Crippen LogP) is 3.96. The zero-order valence-electron chi connectivity index (χ0n) is 17.7. The molecule has 160 valence electrons. The normalized spacial score (nSPS) is 41.6. The Hall–Kier alpha value is -1.16. The minimum Gasteiger partial charge on any atom is -0.481 e. The third-order valence-electron chi connectivity index (χ3n) is 6.99. The van der Waals surface area contributed by atoms with Crippen molar-refractivity contribution in [3.8, 4) is 0 Å². The van der Waals surface area contributed by atoms with Crippen LogP contribution in [-0.2, 0) is 23.9 Å². The van der Waals surface area contributed by atoms with Gasteiger partial charge in [0.1, 0.15) is 5.92 Å². The molecule has 0 aromatic heterocycles. The maximum atomic E-state index is 12.9. The lowest BCUT2D eigenvalue weighted by atomic mass is 9.45. The van der Waals surface area contributed by atoms with E-state index in [0.717, 1.165) is 0 Å². The maximum Gasteiger partial charge on any atom is 0.314 e. The first-order chi connectivity index (χ1) is 13.2. The van der Waals surface area contributed by atoms with Gasteiger partial charge in [-0.05, 0) is 42.4 Å². The molecule has 0 radical (unpaired) electrons. The molecule has 2 fully saturated rings. The van der Waals surface area contributed by atoms with Crippen LogP contribution in [0.4, 0.5) is 0 Å². The van der Waals surface area contributed by atoms with Crippen LogP contribution >= 0.6 is 22.6 Å². The molecule has 0 aromatic carbocycles. The van der Waals surface area contributed by atoms with E-state index < -0.39 is 60.2 Å². The van der Waals surface area contributed by atoms with Gasteiger partial charge >= 0.3 is 17.9 Å². The van der Waals surface area contributed by atoms with E-state index in [1.807, 2.05) is 13.0 Å². The second kappa shape index (κ2) is 6.93.